The van der Waals surface area contributed by atoms with Crippen molar-refractivity contribution in [3.8, 4) is 5.69 Å². The van der Waals surface area contributed by atoms with Crippen LogP contribution >= 0.6 is 0 Å². The van der Waals surface area contributed by atoms with Gasteiger partial charge in [-0.2, -0.15) is 5.10 Å². The number of nitrogens with zero attached hydrogens (tertiary/aromatic N) is 2. The minimum Gasteiger partial charge on any atom is -0.352 e. The second kappa shape index (κ2) is 7.78. The van der Waals surface area contributed by atoms with Gasteiger partial charge in [0, 0.05) is 6.54 Å². The van der Waals surface area contributed by atoms with Crippen molar-refractivity contribution in [3.63, 3.8) is 0 Å². The molecule has 0 unspecified atom stereocenters. The molecule has 0 aliphatic carbocycles. The largest absolute Gasteiger partial charge is 0.352 e. The van der Waals surface area contributed by atoms with Crippen molar-refractivity contribution in [1.29, 1.82) is 0 Å². The maximum Gasteiger partial charge on any atom is 0.254 e. The molecule has 4 heteroatoms. The summed E-state index contributed by atoms with van der Waals surface area (Å²) in [5.41, 5.74) is 3.84. The smallest absolute Gasteiger partial charge is 0.254 e. The third kappa shape index (κ3) is 3.75. The van der Waals surface area contributed by atoms with Gasteiger partial charge in [-0.3, -0.25) is 4.79 Å². The van der Waals surface area contributed by atoms with Gasteiger partial charge in [0.05, 0.1) is 23.1 Å². The molecule has 0 bridgehead atoms. The highest BCUT2D eigenvalue weighted by Crippen LogP contribution is 2.16. The maximum absolute atomic E-state index is 12.3. The summed E-state index contributed by atoms with van der Waals surface area (Å²) >= 11 is 0. The standard InChI is InChI=1S/C18H25N3O/c1-4-6-7-12-19-18(22)16-13-20-21(17(16)5-2)15-10-8-14(3)9-11-15/h8-11,13H,4-7,12H2,1-3H3,(H,19,22). The molecule has 2 aromatic rings. The molecule has 22 heavy (non-hydrogen) atoms. The zero-order valence-corrected chi connectivity index (χ0v) is 13.7. The summed E-state index contributed by atoms with van der Waals surface area (Å²) in [4.78, 5) is 12.3. The molecule has 1 N–H and O–H groups in total. The van der Waals surface area contributed by atoms with Crippen LogP contribution in [0.4, 0.5) is 0 Å². The van der Waals surface area contributed by atoms with E-state index in [1.54, 1.807) is 6.20 Å². The van der Waals surface area contributed by atoms with E-state index in [0.717, 1.165) is 43.6 Å². The summed E-state index contributed by atoms with van der Waals surface area (Å²) in [5.74, 6) is -0.0219. The predicted molar refractivity (Wildman–Crippen MR) is 89.5 cm³/mol. The lowest BCUT2D eigenvalue weighted by Gasteiger charge is -2.09. The number of rotatable bonds is 7. The van der Waals surface area contributed by atoms with Crippen molar-refractivity contribution in [1.82, 2.24) is 15.1 Å². The average Bonchev–Trinajstić information content (AvgIpc) is 2.96. The Bertz CT molecular complexity index is 614. The molecule has 0 aliphatic rings. The number of aromatic nitrogens is 2. The lowest BCUT2D eigenvalue weighted by Crippen LogP contribution is -2.25. The number of unbranched alkanes of at least 4 members (excludes halogenated alkanes) is 2. The van der Waals surface area contributed by atoms with Crippen LogP contribution in [-0.2, 0) is 6.42 Å². The number of hydrogen-bond acceptors (Lipinski definition) is 2. The van der Waals surface area contributed by atoms with Crippen molar-refractivity contribution in [2.24, 2.45) is 0 Å². The lowest BCUT2D eigenvalue weighted by molar-refractivity contribution is 0.0952. The summed E-state index contributed by atoms with van der Waals surface area (Å²) in [7, 11) is 0. The van der Waals surface area contributed by atoms with Gasteiger partial charge < -0.3 is 5.32 Å². The second-order valence-electron chi connectivity index (χ2n) is 5.57. The molecule has 1 amide bonds. The highest BCUT2D eigenvalue weighted by molar-refractivity contribution is 5.95. The van der Waals surface area contributed by atoms with E-state index in [9.17, 15) is 4.79 Å². The van der Waals surface area contributed by atoms with Crippen LogP contribution in [0.25, 0.3) is 5.69 Å². The molecule has 0 spiro atoms. The van der Waals surface area contributed by atoms with Crippen molar-refractivity contribution < 1.29 is 4.79 Å². The molecule has 0 atom stereocenters. The molecule has 0 saturated carbocycles. The molecule has 4 nitrogen and oxygen atoms in total. The van der Waals surface area contributed by atoms with Crippen molar-refractivity contribution in [2.75, 3.05) is 6.54 Å². The Labute approximate surface area is 132 Å². The summed E-state index contributed by atoms with van der Waals surface area (Å²) in [6, 6.07) is 8.18. The van der Waals surface area contributed by atoms with Gasteiger partial charge in [-0.15, -0.1) is 0 Å². The van der Waals surface area contributed by atoms with E-state index in [4.69, 9.17) is 0 Å². The van der Waals surface area contributed by atoms with Crippen LogP contribution in [-0.4, -0.2) is 22.2 Å². The van der Waals surface area contributed by atoms with Gasteiger partial charge in [0.1, 0.15) is 0 Å². The van der Waals surface area contributed by atoms with Crippen LogP contribution in [0.3, 0.4) is 0 Å². The Balaban J connectivity index is 2.16. The maximum atomic E-state index is 12.3. The van der Waals surface area contributed by atoms with Crippen LogP contribution < -0.4 is 5.32 Å². The van der Waals surface area contributed by atoms with Gasteiger partial charge in [-0.05, 0) is 31.9 Å². The van der Waals surface area contributed by atoms with Gasteiger partial charge in [0.15, 0.2) is 0 Å². The SMILES string of the molecule is CCCCCNC(=O)c1cnn(-c2ccc(C)cc2)c1CC. The first-order valence-corrected chi connectivity index (χ1v) is 8.09. The molecular formula is C18H25N3O. The molecule has 1 aromatic heterocycles. The van der Waals surface area contributed by atoms with Crippen LogP contribution in [0, 0.1) is 6.92 Å². The fourth-order valence-electron chi connectivity index (χ4n) is 2.48. The van der Waals surface area contributed by atoms with Gasteiger partial charge in [0.2, 0.25) is 0 Å². The Morgan fingerprint density at radius 1 is 1.18 bits per heavy atom. The monoisotopic (exact) mass is 299 g/mol. The number of benzene rings is 1. The van der Waals surface area contributed by atoms with Gasteiger partial charge in [-0.25, -0.2) is 4.68 Å². The molecule has 0 radical (unpaired) electrons. The highest BCUT2D eigenvalue weighted by Gasteiger charge is 2.16. The van der Waals surface area contributed by atoms with Gasteiger partial charge in [0.25, 0.3) is 5.91 Å². The summed E-state index contributed by atoms with van der Waals surface area (Å²) < 4.78 is 1.86. The zero-order chi connectivity index (χ0) is 15.9. The molecule has 0 saturated heterocycles. The van der Waals surface area contributed by atoms with Gasteiger partial charge in [-0.1, -0.05) is 44.4 Å². The average molecular weight is 299 g/mol. The first-order chi connectivity index (χ1) is 10.7. The molecular weight excluding hydrogens is 274 g/mol. The molecule has 118 valence electrons. The Morgan fingerprint density at radius 2 is 1.91 bits per heavy atom. The topological polar surface area (TPSA) is 46.9 Å². The number of carbonyl (C=O) groups excluding carboxylic acids is 1. The van der Waals surface area contributed by atoms with Gasteiger partial charge >= 0.3 is 0 Å². The Hall–Kier alpha value is -2.10. The van der Waals surface area contributed by atoms with E-state index in [2.05, 4.69) is 43.3 Å². The van der Waals surface area contributed by atoms with Crippen LogP contribution in [0.2, 0.25) is 0 Å². The molecule has 0 fully saturated rings. The van der Waals surface area contributed by atoms with Crippen molar-refractivity contribution in [3.05, 3.63) is 47.3 Å². The van der Waals surface area contributed by atoms with Crippen LogP contribution in [0.5, 0.6) is 0 Å². The number of hydrogen-bond donors (Lipinski definition) is 1. The second-order valence-corrected chi connectivity index (χ2v) is 5.57. The fourth-order valence-corrected chi connectivity index (χ4v) is 2.48. The predicted octanol–water partition coefficient (Wildman–Crippen LogP) is 3.66. The molecule has 1 aromatic carbocycles. The third-order valence-corrected chi connectivity index (χ3v) is 3.79. The van der Waals surface area contributed by atoms with Crippen molar-refractivity contribution in [2.45, 2.75) is 46.5 Å². The molecule has 0 aliphatic heterocycles. The minimum atomic E-state index is -0.0219. The minimum absolute atomic E-state index is 0.0219. The quantitative estimate of drug-likeness (QED) is 0.793. The summed E-state index contributed by atoms with van der Waals surface area (Å²) in [6.07, 6.45) is 5.76. The zero-order valence-electron chi connectivity index (χ0n) is 13.7. The normalized spacial score (nSPS) is 10.7. The Morgan fingerprint density at radius 3 is 2.55 bits per heavy atom. The highest BCUT2D eigenvalue weighted by atomic mass is 16.1. The van der Waals surface area contributed by atoms with E-state index >= 15 is 0 Å². The van der Waals surface area contributed by atoms with E-state index in [-0.39, 0.29) is 5.91 Å². The van der Waals surface area contributed by atoms with E-state index in [0.29, 0.717) is 5.56 Å². The number of carbonyl (C=O) groups is 1. The van der Waals surface area contributed by atoms with Crippen LogP contribution in [0.1, 0.15) is 54.7 Å². The van der Waals surface area contributed by atoms with E-state index in [1.807, 2.05) is 16.8 Å². The lowest BCUT2D eigenvalue weighted by atomic mass is 10.1. The fraction of sp³-hybridized carbons (Fsp3) is 0.444. The van der Waals surface area contributed by atoms with Crippen molar-refractivity contribution >= 4 is 5.91 Å². The van der Waals surface area contributed by atoms with Crippen LogP contribution in [0.15, 0.2) is 30.5 Å². The first kappa shape index (κ1) is 16.3. The van der Waals surface area contributed by atoms with E-state index in [1.165, 1.54) is 5.56 Å². The summed E-state index contributed by atoms with van der Waals surface area (Å²) in [5, 5.41) is 7.40. The third-order valence-electron chi connectivity index (χ3n) is 3.79. The Kier molecular flexibility index (Phi) is 5.75. The van der Waals surface area contributed by atoms with E-state index < -0.39 is 0 Å². The molecule has 2 rings (SSSR count). The first-order valence-electron chi connectivity index (χ1n) is 8.09. The number of amides is 1. The number of aryl methyl sites for hydroxylation is 1. The number of nitrogens with one attached hydrogen (secondary N) is 1. The molecule has 1 heterocycles. The summed E-state index contributed by atoms with van der Waals surface area (Å²) in [6.45, 7) is 6.99.